The number of ether oxygens (including phenoxy) is 1. The molecule has 0 fully saturated rings. The van der Waals surface area contributed by atoms with Gasteiger partial charge < -0.3 is 9.84 Å². The average Bonchev–Trinajstić information content (AvgIpc) is 2.48. The Labute approximate surface area is 131 Å². The number of fused-ring (bicyclic) bond motifs is 1. The largest absolute Gasteiger partial charge is 0.485 e. The highest BCUT2D eigenvalue weighted by Gasteiger charge is 2.29. The smallest absolute Gasteiger partial charge is 0.138 e. The molecular formula is C15H12Cl2O2S. The van der Waals surface area contributed by atoms with Crippen molar-refractivity contribution in [3.8, 4) is 5.75 Å². The molecule has 2 atom stereocenters. The number of para-hydroxylation sites is 1. The monoisotopic (exact) mass is 326 g/mol. The molecule has 20 heavy (non-hydrogen) atoms. The summed E-state index contributed by atoms with van der Waals surface area (Å²) >= 11 is 13.8. The van der Waals surface area contributed by atoms with Crippen LogP contribution in [-0.4, -0.2) is 17.0 Å². The first kappa shape index (κ1) is 14.1. The van der Waals surface area contributed by atoms with Gasteiger partial charge in [-0.15, -0.1) is 11.8 Å². The van der Waals surface area contributed by atoms with Gasteiger partial charge in [0.15, 0.2) is 0 Å². The van der Waals surface area contributed by atoms with Crippen LogP contribution in [-0.2, 0) is 0 Å². The molecule has 2 aromatic carbocycles. The minimum Gasteiger partial charge on any atom is -0.485 e. The molecule has 2 aromatic rings. The minimum absolute atomic E-state index is 0.342. The fourth-order valence-electron chi connectivity index (χ4n) is 2.13. The maximum atomic E-state index is 10.5. The molecule has 5 heteroatoms. The molecule has 0 saturated heterocycles. The van der Waals surface area contributed by atoms with Gasteiger partial charge in [-0.25, -0.2) is 0 Å². The summed E-state index contributed by atoms with van der Waals surface area (Å²) in [5.74, 6) is 1.46. The molecule has 0 aromatic heterocycles. The first-order chi connectivity index (χ1) is 9.65. The molecule has 2 nitrogen and oxygen atoms in total. The molecule has 3 rings (SSSR count). The molecule has 1 aliphatic rings. The second kappa shape index (κ2) is 5.86. The highest BCUT2D eigenvalue weighted by Crippen LogP contribution is 2.39. The molecule has 2 unspecified atom stereocenters. The summed E-state index contributed by atoms with van der Waals surface area (Å²) in [6.07, 6.45) is -1.15. The number of hydrogen-bond donors (Lipinski definition) is 1. The summed E-state index contributed by atoms with van der Waals surface area (Å²) in [6, 6.07) is 12.9. The molecule has 0 saturated carbocycles. The Kier molecular flexibility index (Phi) is 4.13. The van der Waals surface area contributed by atoms with E-state index in [4.69, 9.17) is 27.9 Å². The van der Waals surface area contributed by atoms with Crippen molar-refractivity contribution in [2.24, 2.45) is 0 Å². The number of rotatable bonds is 2. The second-order valence-corrected chi connectivity index (χ2v) is 6.43. The summed E-state index contributed by atoms with van der Waals surface area (Å²) in [7, 11) is 0. The number of thioether (sulfide) groups is 1. The summed E-state index contributed by atoms with van der Waals surface area (Å²) in [5.41, 5.74) is 0.601. The number of aliphatic hydroxyl groups excluding tert-OH is 1. The van der Waals surface area contributed by atoms with Crippen molar-refractivity contribution in [3.63, 3.8) is 0 Å². The lowest BCUT2D eigenvalue weighted by atomic mass is 10.1. The van der Waals surface area contributed by atoms with Crippen LogP contribution in [0.3, 0.4) is 0 Å². The van der Waals surface area contributed by atoms with Gasteiger partial charge in [0.2, 0.25) is 0 Å². The lowest BCUT2D eigenvalue weighted by Gasteiger charge is -2.29. The van der Waals surface area contributed by atoms with E-state index in [1.54, 1.807) is 30.0 Å². The normalized spacial score (nSPS) is 19.1. The Morgan fingerprint density at radius 1 is 1.20 bits per heavy atom. The summed E-state index contributed by atoms with van der Waals surface area (Å²) in [6.45, 7) is 0. The van der Waals surface area contributed by atoms with Crippen molar-refractivity contribution in [2.45, 2.75) is 17.1 Å². The Morgan fingerprint density at radius 3 is 2.85 bits per heavy atom. The summed E-state index contributed by atoms with van der Waals surface area (Å²) < 4.78 is 5.87. The van der Waals surface area contributed by atoms with Crippen molar-refractivity contribution in [1.29, 1.82) is 0 Å². The summed E-state index contributed by atoms with van der Waals surface area (Å²) in [5, 5.41) is 11.5. The van der Waals surface area contributed by atoms with Crippen LogP contribution in [0.15, 0.2) is 47.4 Å². The molecule has 0 bridgehead atoms. The van der Waals surface area contributed by atoms with Crippen molar-refractivity contribution >= 4 is 35.0 Å². The number of halogens is 2. The van der Waals surface area contributed by atoms with Crippen LogP contribution < -0.4 is 4.74 Å². The second-order valence-electron chi connectivity index (χ2n) is 4.52. The Hall–Kier alpha value is -0.870. The zero-order valence-electron chi connectivity index (χ0n) is 10.4. The highest BCUT2D eigenvalue weighted by atomic mass is 35.5. The molecular weight excluding hydrogens is 315 g/mol. The quantitative estimate of drug-likeness (QED) is 0.875. The van der Waals surface area contributed by atoms with E-state index >= 15 is 0 Å². The standard InChI is InChI=1S/C15H12Cl2O2S/c16-9-5-6-11(17)10(7-9)15(18)13-8-20-14-4-2-1-3-12(14)19-13/h1-7,13,15,18H,8H2. The number of benzene rings is 2. The molecule has 1 aliphatic heterocycles. The van der Waals surface area contributed by atoms with Crippen LogP contribution in [0.1, 0.15) is 11.7 Å². The van der Waals surface area contributed by atoms with E-state index < -0.39 is 6.10 Å². The Morgan fingerprint density at radius 2 is 2.00 bits per heavy atom. The molecule has 0 radical (unpaired) electrons. The predicted octanol–water partition coefficient (Wildman–Crippen LogP) is 4.58. The Bertz CT molecular complexity index is 633. The molecule has 0 aliphatic carbocycles. The third kappa shape index (κ3) is 2.77. The lowest BCUT2D eigenvalue weighted by molar-refractivity contribution is 0.0458. The van der Waals surface area contributed by atoms with E-state index in [1.807, 2.05) is 24.3 Å². The van der Waals surface area contributed by atoms with Gasteiger partial charge in [0.05, 0.1) is 0 Å². The van der Waals surface area contributed by atoms with Crippen molar-refractivity contribution in [1.82, 2.24) is 0 Å². The van der Waals surface area contributed by atoms with Crippen molar-refractivity contribution < 1.29 is 9.84 Å². The lowest BCUT2D eigenvalue weighted by Crippen LogP contribution is -2.30. The zero-order chi connectivity index (χ0) is 14.1. The molecule has 0 spiro atoms. The fourth-order valence-corrected chi connectivity index (χ4v) is 3.57. The van der Waals surface area contributed by atoms with Gasteiger partial charge >= 0.3 is 0 Å². The van der Waals surface area contributed by atoms with Crippen LogP contribution >= 0.6 is 35.0 Å². The Balaban J connectivity index is 1.85. The van der Waals surface area contributed by atoms with E-state index in [-0.39, 0.29) is 6.10 Å². The maximum Gasteiger partial charge on any atom is 0.138 e. The van der Waals surface area contributed by atoms with Crippen LogP contribution in [0, 0.1) is 0 Å². The minimum atomic E-state index is -0.804. The number of aliphatic hydroxyl groups is 1. The van der Waals surface area contributed by atoms with E-state index in [0.717, 1.165) is 10.6 Å². The number of hydrogen-bond acceptors (Lipinski definition) is 3. The van der Waals surface area contributed by atoms with Gasteiger partial charge in [0, 0.05) is 26.3 Å². The van der Waals surface area contributed by atoms with Gasteiger partial charge in [-0.3, -0.25) is 0 Å². The van der Waals surface area contributed by atoms with Gasteiger partial charge in [-0.2, -0.15) is 0 Å². The zero-order valence-corrected chi connectivity index (χ0v) is 12.8. The molecule has 104 valence electrons. The van der Waals surface area contributed by atoms with Gasteiger partial charge in [0.1, 0.15) is 18.0 Å². The third-order valence-electron chi connectivity index (χ3n) is 3.16. The summed E-state index contributed by atoms with van der Waals surface area (Å²) in [4.78, 5) is 1.09. The highest BCUT2D eigenvalue weighted by molar-refractivity contribution is 7.99. The van der Waals surface area contributed by atoms with Crippen molar-refractivity contribution in [3.05, 3.63) is 58.1 Å². The third-order valence-corrected chi connectivity index (χ3v) is 4.88. The molecule has 0 amide bonds. The van der Waals surface area contributed by atoms with Crippen LogP contribution in [0.25, 0.3) is 0 Å². The van der Waals surface area contributed by atoms with Crippen LogP contribution in [0.4, 0.5) is 0 Å². The fraction of sp³-hybridized carbons (Fsp3) is 0.200. The maximum absolute atomic E-state index is 10.5. The van der Waals surface area contributed by atoms with Gasteiger partial charge in [-0.05, 0) is 30.3 Å². The van der Waals surface area contributed by atoms with E-state index in [1.165, 1.54) is 0 Å². The van der Waals surface area contributed by atoms with Crippen LogP contribution in [0.5, 0.6) is 5.75 Å². The average molecular weight is 327 g/mol. The van der Waals surface area contributed by atoms with E-state index in [9.17, 15) is 5.11 Å². The first-order valence-electron chi connectivity index (χ1n) is 6.16. The van der Waals surface area contributed by atoms with Crippen LogP contribution in [0.2, 0.25) is 10.0 Å². The molecule has 1 heterocycles. The van der Waals surface area contributed by atoms with E-state index in [0.29, 0.717) is 21.4 Å². The SMILES string of the molecule is OC(c1cc(Cl)ccc1Cl)C1CSc2ccccc2O1. The molecule has 1 N–H and O–H groups in total. The predicted molar refractivity (Wildman–Crippen MR) is 83.0 cm³/mol. The van der Waals surface area contributed by atoms with Gasteiger partial charge in [0.25, 0.3) is 0 Å². The first-order valence-corrected chi connectivity index (χ1v) is 7.91. The van der Waals surface area contributed by atoms with Crippen molar-refractivity contribution in [2.75, 3.05) is 5.75 Å². The van der Waals surface area contributed by atoms with E-state index in [2.05, 4.69) is 0 Å². The van der Waals surface area contributed by atoms with Gasteiger partial charge in [-0.1, -0.05) is 35.3 Å². The topological polar surface area (TPSA) is 29.5 Å².